The van der Waals surface area contributed by atoms with Crippen molar-refractivity contribution in [3.63, 3.8) is 0 Å². The fourth-order valence-corrected chi connectivity index (χ4v) is 0.157. The zero-order valence-corrected chi connectivity index (χ0v) is 7.86. The van der Waals surface area contributed by atoms with Gasteiger partial charge in [-0.05, 0) is 6.92 Å². The van der Waals surface area contributed by atoms with Gasteiger partial charge in [-0.15, -0.1) is 0 Å². The molecular formula is C4H8HfO2. The maximum atomic E-state index is 9.88. The molecular weight excluding hydrogens is 259 g/mol. The van der Waals surface area contributed by atoms with Gasteiger partial charge in [0, 0.05) is 38.9 Å². The monoisotopic (exact) mass is 268 g/mol. The molecule has 0 rings (SSSR count). The van der Waals surface area contributed by atoms with Crippen LogP contribution in [0, 0.1) is 0 Å². The van der Waals surface area contributed by atoms with Gasteiger partial charge >= 0.3 is 0 Å². The summed E-state index contributed by atoms with van der Waals surface area (Å²) in [5.74, 6) is 0.0394. The van der Waals surface area contributed by atoms with Crippen LogP contribution < -0.4 is 0 Å². The van der Waals surface area contributed by atoms with Crippen molar-refractivity contribution in [2.24, 2.45) is 0 Å². The zero-order chi connectivity index (χ0) is 4.99. The summed E-state index contributed by atoms with van der Waals surface area (Å²) in [5.41, 5.74) is 0. The van der Waals surface area contributed by atoms with Crippen molar-refractivity contribution >= 4 is 5.78 Å². The molecule has 40 valence electrons. The Labute approximate surface area is 61.7 Å². The number of aliphatic hydroxyl groups excluding tert-OH is 1. The Balaban J connectivity index is 0. The number of carbonyl (C=O) groups excluding carboxylic acids is 1. The predicted molar refractivity (Wildman–Crippen MR) is 22.4 cm³/mol. The van der Waals surface area contributed by atoms with Crippen LogP contribution in [0.25, 0.3) is 0 Å². The molecule has 0 fully saturated rings. The first-order valence-electron chi connectivity index (χ1n) is 1.87. The topological polar surface area (TPSA) is 37.3 Å². The summed E-state index contributed by atoms with van der Waals surface area (Å²) < 4.78 is 0. The largest absolute Gasteiger partial charge is 0.396 e. The number of aliphatic hydroxyl groups is 1. The maximum absolute atomic E-state index is 9.88. The average Bonchev–Trinajstić information content (AvgIpc) is 1.35. The Hall–Kier alpha value is 0.500. The smallest absolute Gasteiger partial charge is 0.132 e. The van der Waals surface area contributed by atoms with E-state index < -0.39 is 0 Å². The van der Waals surface area contributed by atoms with Gasteiger partial charge < -0.3 is 5.11 Å². The normalized spacial score (nSPS) is 7.14. The van der Waals surface area contributed by atoms with Gasteiger partial charge in [0.2, 0.25) is 0 Å². The number of Topliss-reactive ketones (excluding diaryl/α,β-unsaturated/α-hetero) is 1. The van der Waals surface area contributed by atoms with E-state index in [-0.39, 0.29) is 38.2 Å². The summed E-state index contributed by atoms with van der Waals surface area (Å²) in [5, 5.41) is 8.02. The molecule has 0 amide bonds. The Bertz CT molecular complexity index is 53.7. The van der Waals surface area contributed by atoms with Crippen molar-refractivity contribution in [3.05, 3.63) is 0 Å². The van der Waals surface area contributed by atoms with E-state index in [1.54, 1.807) is 0 Å². The molecule has 0 spiro atoms. The van der Waals surface area contributed by atoms with E-state index in [0.717, 1.165) is 0 Å². The molecule has 0 atom stereocenters. The third kappa shape index (κ3) is 10.7. The van der Waals surface area contributed by atoms with Crippen molar-refractivity contribution in [1.29, 1.82) is 0 Å². The Morgan fingerprint density at radius 2 is 2.14 bits per heavy atom. The van der Waals surface area contributed by atoms with E-state index in [0.29, 0.717) is 6.42 Å². The first-order valence-corrected chi connectivity index (χ1v) is 1.87. The second kappa shape index (κ2) is 6.50. The van der Waals surface area contributed by atoms with Crippen LogP contribution >= 0.6 is 0 Å². The molecule has 0 bridgehead atoms. The van der Waals surface area contributed by atoms with Crippen LogP contribution in [0.3, 0.4) is 0 Å². The molecule has 2 nitrogen and oxygen atoms in total. The van der Waals surface area contributed by atoms with Gasteiger partial charge in [-0.1, -0.05) is 0 Å². The SMILES string of the molecule is CC(=O)CCO.[Hf]. The van der Waals surface area contributed by atoms with Gasteiger partial charge in [0.25, 0.3) is 0 Å². The van der Waals surface area contributed by atoms with Crippen LogP contribution in [0.15, 0.2) is 0 Å². The first kappa shape index (κ1) is 10.5. The number of rotatable bonds is 2. The molecule has 0 radical (unpaired) electrons. The second-order valence-electron chi connectivity index (χ2n) is 1.18. The van der Waals surface area contributed by atoms with Crippen molar-refractivity contribution in [1.82, 2.24) is 0 Å². The standard InChI is InChI=1S/C4H8O2.Hf/c1-4(6)2-3-5;/h5H,2-3H2,1H3;. The first-order chi connectivity index (χ1) is 2.77. The molecule has 0 aromatic heterocycles. The van der Waals surface area contributed by atoms with E-state index in [4.69, 9.17) is 5.11 Å². The fourth-order valence-electron chi connectivity index (χ4n) is 0.157. The average molecular weight is 267 g/mol. The van der Waals surface area contributed by atoms with Crippen molar-refractivity contribution in [2.75, 3.05) is 6.61 Å². The van der Waals surface area contributed by atoms with Gasteiger partial charge in [-0.2, -0.15) is 0 Å². The van der Waals surface area contributed by atoms with Crippen LogP contribution in [0.1, 0.15) is 13.3 Å². The van der Waals surface area contributed by atoms with Crippen LogP contribution in [0.5, 0.6) is 0 Å². The van der Waals surface area contributed by atoms with Crippen molar-refractivity contribution < 1.29 is 35.7 Å². The Morgan fingerprint density at radius 1 is 1.71 bits per heavy atom. The van der Waals surface area contributed by atoms with Crippen molar-refractivity contribution in [3.8, 4) is 0 Å². The van der Waals surface area contributed by atoms with Gasteiger partial charge in [0.1, 0.15) is 5.78 Å². The van der Waals surface area contributed by atoms with Gasteiger partial charge in [-0.3, -0.25) is 4.79 Å². The number of hydrogen-bond donors (Lipinski definition) is 1. The van der Waals surface area contributed by atoms with Gasteiger partial charge in [-0.25, -0.2) is 0 Å². The van der Waals surface area contributed by atoms with Crippen LogP contribution in [-0.4, -0.2) is 17.5 Å². The van der Waals surface area contributed by atoms with Crippen LogP contribution in [0.4, 0.5) is 0 Å². The minimum absolute atomic E-state index is 0. The number of hydrogen-bond acceptors (Lipinski definition) is 2. The van der Waals surface area contributed by atoms with Crippen LogP contribution in [-0.2, 0) is 30.6 Å². The molecule has 7 heavy (non-hydrogen) atoms. The summed E-state index contributed by atoms with van der Waals surface area (Å²) in [6.45, 7) is 1.44. The quantitative estimate of drug-likeness (QED) is 0.712. The van der Waals surface area contributed by atoms with Gasteiger partial charge in [0.15, 0.2) is 0 Å². The van der Waals surface area contributed by atoms with E-state index in [1.165, 1.54) is 6.92 Å². The summed E-state index contributed by atoms with van der Waals surface area (Å²) in [6.07, 6.45) is 0.292. The minimum Gasteiger partial charge on any atom is -0.396 e. The predicted octanol–water partition coefficient (Wildman–Crippen LogP) is -0.0447. The van der Waals surface area contributed by atoms with Crippen LogP contribution in [0.2, 0.25) is 0 Å². The second-order valence-corrected chi connectivity index (χ2v) is 1.18. The van der Waals surface area contributed by atoms with E-state index in [2.05, 4.69) is 0 Å². The minimum atomic E-state index is -0.0185. The molecule has 0 aliphatic carbocycles. The van der Waals surface area contributed by atoms with E-state index in [1.807, 2.05) is 0 Å². The molecule has 0 heterocycles. The molecule has 0 aromatic carbocycles. The molecule has 0 saturated carbocycles. The number of ketones is 1. The molecule has 0 unspecified atom stereocenters. The maximum Gasteiger partial charge on any atom is 0.132 e. The molecule has 0 saturated heterocycles. The van der Waals surface area contributed by atoms with Crippen molar-refractivity contribution in [2.45, 2.75) is 13.3 Å². The van der Waals surface area contributed by atoms with Gasteiger partial charge in [0.05, 0.1) is 0 Å². The number of carbonyl (C=O) groups is 1. The molecule has 0 aliphatic heterocycles. The molecule has 1 N–H and O–H groups in total. The third-order valence-electron chi connectivity index (χ3n) is 0.464. The summed E-state index contributed by atoms with van der Waals surface area (Å²) >= 11 is 0. The summed E-state index contributed by atoms with van der Waals surface area (Å²) in [7, 11) is 0. The van der Waals surface area contributed by atoms with E-state index in [9.17, 15) is 4.79 Å². The van der Waals surface area contributed by atoms with E-state index >= 15 is 0 Å². The Morgan fingerprint density at radius 3 is 2.14 bits per heavy atom. The summed E-state index contributed by atoms with van der Waals surface area (Å²) in [6, 6.07) is 0. The molecule has 0 aliphatic rings. The third-order valence-corrected chi connectivity index (χ3v) is 0.464. The fraction of sp³-hybridized carbons (Fsp3) is 0.750. The summed E-state index contributed by atoms with van der Waals surface area (Å²) in [4.78, 5) is 9.88. The Kier molecular flexibility index (Phi) is 9.73. The molecule has 3 heteroatoms. The zero-order valence-electron chi connectivity index (χ0n) is 4.27. The molecule has 0 aromatic rings.